The fourth-order valence-corrected chi connectivity index (χ4v) is 1.89. The molecule has 0 aromatic heterocycles. The van der Waals surface area contributed by atoms with Gasteiger partial charge in [0.1, 0.15) is 11.6 Å². The summed E-state index contributed by atoms with van der Waals surface area (Å²) in [6.07, 6.45) is -5.38. The number of rotatable bonds is 3. The summed E-state index contributed by atoms with van der Waals surface area (Å²) in [5.41, 5.74) is -1.05. The second kappa shape index (κ2) is 4.78. The Balaban J connectivity index is 2.67. The van der Waals surface area contributed by atoms with Gasteiger partial charge in [-0.25, -0.2) is 0 Å². The maximum absolute atomic E-state index is 12.1. The summed E-state index contributed by atoms with van der Waals surface area (Å²) < 4.78 is 36.2. The summed E-state index contributed by atoms with van der Waals surface area (Å²) in [7, 11) is 0. The molecule has 1 saturated heterocycles. The van der Waals surface area contributed by atoms with Gasteiger partial charge in [-0.1, -0.05) is 0 Å². The highest BCUT2D eigenvalue weighted by molar-refractivity contribution is 5.99. The van der Waals surface area contributed by atoms with E-state index in [2.05, 4.69) is 5.32 Å². The third kappa shape index (κ3) is 3.36. The zero-order valence-electron chi connectivity index (χ0n) is 10.6. The molecule has 1 atom stereocenters. The number of amides is 2. The van der Waals surface area contributed by atoms with Crippen molar-refractivity contribution in [3.05, 3.63) is 0 Å². The summed E-state index contributed by atoms with van der Waals surface area (Å²) in [4.78, 5) is 24.8. The van der Waals surface area contributed by atoms with Crippen molar-refractivity contribution in [3.8, 4) is 0 Å². The van der Waals surface area contributed by atoms with E-state index in [0.717, 1.165) is 0 Å². The van der Waals surface area contributed by atoms with E-state index in [1.54, 1.807) is 0 Å². The third-order valence-electron chi connectivity index (χ3n) is 2.94. The molecule has 0 saturated carbocycles. The predicted octanol–water partition coefficient (Wildman–Crippen LogP) is 1.45. The monoisotopic (exact) mass is 266 g/mol. The number of nitrogens with zero attached hydrogens (tertiary/aromatic N) is 1. The highest BCUT2D eigenvalue weighted by Gasteiger charge is 2.43. The molecular weight excluding hydrogens is 249 g/mol. The molecule has 0 aromatic carbocycles. The minimum Gasteiger partial charge on any atom is -0.340 e. The van der Waals surface area contributed by atoms with Crippen molar-refractivity contribution >= 4 is 11.8 Å². The van der Waals surface area contributed by atoms with Gasteiger partial charge in [0.2, 0.25) is 11.8 Å². The van der Waals surface area contributed by atoms with Crippen LogP contribution >= 0.6 is 0 Å². The second-order valence-electron chi connectivity index (χ2n) is 5.01. The van der Waals surface area contributed by atoms with Gasteiger partial charge in [0.05, 0.1) is 0 Å². The first-order valence-corrected chi connectivity index (χ1v) is 5.74. The highest BCUT2D eigenvalue weighted by atomic mass is 19.4. The SMILES string of the molecule is CC1C(=O)NC(C)(C)C(=O)N1CCCC(F)(F)F. The average Bonchev–Trinajstić information content (AvgIpc) is 2.18. The van der Waals surface area contributed by atoms with E-state index in [1.807, 2.05) is 0 Å². The van der Waals surface area contributed by atoms with E-state index in [-0.39, 0.29) is 24.8 Å². The smallest absolute Gasteiger partial charge is 0.340 e. The average molecular weight is 266 g/mol. The molecule has 0 aliphatic carbocycles. The van der Waals surface area contributed by atoms with Crippen LogP contribution in [0.15, 0.2) is 0 Å². The number of hydrogen-bond acceptors (Lipinski definition) is 2. The summed E-state index contributed by atoms with van der Waals surface area (Å²) in [6.45, 7) is 4.53. The van der Waals surface area contributed by atoms with Crippen LogP contribution in [0, 0.1) is 0 Å². The third-order valence-corrected chi connectivity index (χ3v) is 2.94. The quantitative estimate of drug-likeness (QED) is 0.840. The molecule has 0 radical (unpaired) electrons. The number of hydrogen-bond donors (Lipinski definition) is 1. The molecule has 1 aliphatic heterocycles. The molecule has 1 fully saturated rings. The van der Waals surface area contributed by atoms with Crippen LogP contribution < -0.4 is 5.32 Å². The largest absolute Gasteiger partial charge is 0.389 e. The summed E-state index contributed by atoms with van der Waals surface area (Å²) >= 11 is 0. The molecule has 0 bridgehead atoms. The lowest BCUT2D eigenvalue weighted by Gasteiger charge is -2.41. The summed E-state index contributed by atoms with van der Waals surface area (Å²) in [5, 5.41) is 2.54. The van der Waals surface area contributed by atoms with E-state index in [0.29, 0.717) is 0 Å². The van der Waals surface area contributed by atoms with E-state index in [1.165, 1.54) is 25.7 Å². The maximum atomic E-state index is 12.1. The molecule has 2 amide bonds. The Kier molecular flexibility index (Phi) is 3.92. The van der Waals surface area contributed by atoms with Crippen LogP contribution in [0.5, 0.6) is 0 Å². The van der Waals surface area contributed by atoms with Gasteiger partial charge in [0.25, 0.3) is 0 Å². The molecule has 1 heterocycles. The topological polar surface area (TPSA) is 49.4 Å². The molecule has 1 aliphatic rings. The number of alkyl halides is 3. The van der Waals surface area contributed by atoms with Crippen LogP contribution in [0.1, 0.15) is 33.6 Å². The van der Waals surface area contributed by atoms with Crippen molar-refractivity contribution in [1.82, 2.24) is 10.2 Å². The lowest BCUT2D eigenvalue weighted by atomic mass is 9.97. The Morgan fingerprint density at radius 2 is 1.89 bits per heavy atom. The van der Waals surface area contributed by atoms with Crippen LogP contribution in [0.3, 0.4) is 0 Å². The Hall–Kier alpha value is -1.27. The van der Waals surface area contributed by atoms with Crippen LogP contribution in [-0.2, 0) is 9.59 Å². The number of piperazine rings is 1. The van der Waals surface area contributed by atoms with Crippen LogP contribution in [0.4, 0.5) is 13.2 Å². The molecule has 1 N–H and O–H groups in total. The minimum absolute atomic E-state index is 0.0592. The van der Waals surface area contributed by atoms with Crippen LogP contribution in [0.25, 0.3) is 0 Å². The van der Waals surface area contributed by atoms with Gasteiger partial charge in [-0.2, -0.15) is 13.2 Å². The molecule has 4 nitrogen and oxygen atoms in total. The van der Waals surface area contributed by atoms with Crippen molar-refractivity contribution in [2.45, 2.75) is 51.4 Å². The Morgan fingerprint density at radius 3 is 2.39 bits per heavy atom. The van der Waals surface area contributed by atoms with Crippen molar-refractivity contribution < 1.29 is 22.8 Å². The molecule has 0 spiro atoms. The lowest BCUT2D eigenvalue weighted by molar-refractivity contribution is -0.155. The van der Waals surface area contributed by atoms with Crippen molar-refractivity contribution in [3.63, 3.8) is 0 Å². The van der Waals surface area contributed by atoms with Gasteiger partial charge >= 0.3 is 6.18 Å². The van der Waals surface area contributed by atoms with Gasteiger partial charge in [0, 0.05) is 13.0 Å². The normalized spacial score (nSPS) is 24.1. The zero-order chi connectivity index (χ0) is 14.1. The minimum atomic E-state index is -4.24. The Bertz CT molecular complexity index is 353. The number of halogens is 3. The van der Waals surface area contributed by atoms with E-state index in [9.17, 15) is 22.8 Å². The number of carbonyl (C=O) groups is 2. The first-order valence-electron chi connectivity index (χ1n) is 5.74. The lowest BCUT2D eigenvalue weighted by Crippen LogP contribution is -2.67. The van der Waals surface area contributed by atoms with Crippen molar-refractivity contribution in [2.24, 2.45) is 0 Å². The number of carbonyl (C=O) groups excluding carboxylic acids is 2. The van der Waals surface area contributed by atoms with Crippen molar-refractivity contribution in [2.75, 3.05) is 6.54 Å². The molecule has 1 unspecified atom stereocenters. The molecule has 104 valence electrons. The first-order chi connectivity index (χ1) is 8.04. The van der Waals surface area contributed by atoms with E-state index < -0.39 is 24.2 Å². The molecule has 0 aromatic rings. The Morgan fingerprint density at radius 1 is 1.33 bits per heavy atom. The standard InChI is InChI=1S/C11H17F3N2O2/c1-7-8(17)15-10(2,3)9(18)16(7)6-4-5-11(12,13)14/h7H,4-6H2,1-3H3,(H,15,17). The molecular formula is C11H17F3N2O2. The van der Waals surface area contributed by atoms with E-state index >= 15 is 0 Å². The predicted molar refractivity (Wildman–Crippen MR) is 58.7 cm³/mol. The van der Waals surface area contributed by atoms with Gasteiger partial charge in [-0.15, -0.1) is 0 Å². The van der Waals surface area contributed by atoms with E-state index in [4.69, 9.17) is 0 Å². The van der Waals surface area contributed by atoms with Crippen molar-refractivity contribution in [1.29, 1.82) is 0 Å². The van der Waals surface area contributed by atoms with Gasteiger partial charge < -0.3 is 10.2 Å². The summed E-state index contributed by atoms with van der Waals surface area (Å²) in [6, 6.07) is -0.723. The maximum Gasteiger partial charge on any atom is 0.389 e. The molecule has 18 heavy (non-hydrogen) atoms. The Labute approximate surface area is 104 Å². The second-order valence-corrected chi connectivity index (χ2v) is 5.01. The van der Waals surface area contributed by atoms with Gasteiger partial charge in [0.15, 0.2) is 0 Å². The fraction of sp³-hybridized carbons (Fsp3) is 0.818. The highest BCUT2D eigenvalue weighted by Crippen LogP contribution is 2.23. The van der Waals surface area contributed by atoms with Gasteiger partial charge in [-0.3, -0.25) is 9.59 Å². The summed E-state index contributed by atoms with van der Waals surface area (Å²) in [5.74, 6) is -0.691. The first kappa shape index (κ1) is 14.8. The molecule has 7 heteroatoms. The zero-order valence-corrected chi connectivity index (χ0v) is 10.6. The van der Waals surface area contributed by atoms with Crippen LogP contribution in [0.2, 0.25) is 0 Å². The van der Waals surface area contributed by atoms with Crippen LogP contribution in [-0.4, -0.2) is 41.0 Å². The number of nitrogens with one attached hydrogen (secondary N) is 1. The van der Waals surface area contributed by atoms with Gasteiger partial charge in [-0.05, 0) is 27.2 Å². The molecule has 1 rings (SSSR count). The fourth-order valence-electron chi connectivity index (χ4n) is 1.89.